The second-order valence-corrected chi connectivity index (χ2v) is 6.79. The van der Waals surface area contributed by atoms with E-state index in [0.29, 0.717) is 10.8 Å². The van der Waals surface area contributed by atoms with Crippen LogP contribution in [-0.4, -0.2) is 14.5 Å². The van der Waals surface area contributed by atoms with Crippen LogP contribution in [0, 0.1) is 12.7 Å². The molecule has 0 aliphatic heterocycles. The molecule has 0 amide bonds. The zero-order valence-corrected chi connectivity index (χ0v) is 14.9. The Morgan fingerprint density at radius 2 is 1.85 bits per heavy atom. The number of fused-ring (bicyclic) bond motifs is 6. The number of aryl methyl sites for hydroxylation is 2. The first-order chi connectivity index (χ1) is 13.1. The largest absolute Gasteiger partial charge is 0.329 e. The number of pyridine rings is 1. The van der Waals surface area contributed by atoms with Crippen molar-refractivity contribution in [2.75, 3.05) is 0 Å². The van der Waals surface area contributed by atoms with Crippen LogP contribution in [0.3, 0.4) is 0 Å². The molecule has 0 atom stereocenters. The molecule has 0 fully saturated rings. The van der Waals surface area contributed by atoms with Crippen molar-refractivity contribution in [2.24, 2.45) is 7.05 Å². The quantitative estimate of drug-likeness (QED) is 0.443. The Labute approximate surface area is 153 Å². The lowest BCUT2D eigenvalue weighted by Gasteiger charge is -2.08. The summed E-state index contributed by atoms with van der Waals surface area (Å²) in [5, 5.41) is 2.60. The molecule has 5 aromatic rings. The first-order valence-corrected chi connectivity index (χ1v) is 8.71. The summed E-state index contributed by atoms with van der Waals surface area (Å²) >= 11 is 0. The molecular formula is C22H16FN3O. The zero-order valence-electron chi connectivity index (χ0n) is 14.9. The molecule has 27 heavy (non-hydrogen) atoms. The predicted octanol–water partition coefficient (Wildman–Crippen LogP) is 4.68. The van der Waals surface area contributed by atoms with Crippen molar-refractivity contribution in [3.05, 3.63) is 76.5 Å². The monoisotopic (exact) mass is 357 g/mol. The van der Waals surface area contributed by atoms with E-state index in [9.17, 15) is 9.18 Å². The number of rotatable bonds is 1. The molecule has 0 saturated carbocycles. The number of nitrogens with one attached hydrogen (secondary N) is 1. The minimum Gasteiger partial charge on any atom is -0.329 e. The van der Waals surface area contributed by atoms with Crippen molar-refractivity contribution in [1.29, 1.82) is 0 Å². The SMILES string of the molecule is Cc1ccccc1-c1nc2c3cc[nH]c(=O)c3c3cc(F)ccc3c2n1C. The van der Waals surface area contributed by atoms with Gasteiger partial charge >= 0.3 is 0 Å². The standard InChI is InChI=1S/C22H16FN3O/c1-12-5-3-4-6-14(12)21-25-19-16-9-10-24-22(27)18(16)17-11-13(23)7-8-15(17)20(19)26(21)2/h3-11H,1-2H3,(H,24,27). The maximum atomic E-state index is 14.0. The van der Waals surface area contributed by atoms with E-state index in [4.69, 9.17) is 4.98 Å². The van der Waals surface area contributed by atoms with Crippen molar-refractivity contribution in [2.45, 2.75) is 6.92 Å². The average Bonchev–Trinajstić information content (AvgIpc) is 3.00. The number of halogens is 1. The molecule has 132 valence electrons. The van der Waals surface area contributed by atoms with E-state index >= 15 is 0 Å². The Morgan fingerprint density at radius 3 is 2.67 bits per heavy atom. The summed E-state index contributed by atoms with van der Waals surface area (Å²) in [4.78, 5) is 20.2. The molecule has 0 radical (unpaired) electrons. The lowest BCUT2D eigenvalue weighted by molar-refractivity contribution is 0.630. The van der Waals surface area contributed by atoms with Gasteiger partial charge in [0.2, 0.25) is 0 Å². The average molecular weight is 357 g/mol. The van der Waals surface area contributed by atoms with E-state index in [0.717, 1.165) is 38.8 Å². The van der Waals surface area contributed by atoms with Gasteiger partial charge in [-0.25, -0.2) is 9.37 Å². The highest BCUT2D eigenvalue weighted by atomic mass is 19.1. The van der Waals surface area contributed by atoms with Gasteiger partial charge in [0.1, 0.15) is 11.6 Å². The summed E-state index contributed by atoms with van der Waals surface area (Å²) in [5.74, 6) is 0.453. The van der Waals surface area contributed by atoms with Crippen LogP contribution in [0.1, 0.15) is 5.56 Å². The summed E-state index contributed by atoms with van der Waals surface area (Å²) in [5.41, 5.74) is 3.54. The molecule has 4 nitrogen and oxygen atoms in total. The molecular weight excluding hydrogens is 341 g/mol. The minimum absolute atomic E-state index is 0.243. The van der Waals surface area contributed by atoms with Gasteiger partial charge in [0.25, 0.3) is 5.56 Å². The number of imidazole rings is 1. The highest BCUT2D eigenvalue weighted by Crippen LogP contribution is 2.36. The van der Waals surface area contributed by atoms with Crippen LogP contribution in [-0.2, 0) is 7.05 Å². The first-order valence-electron chi connectivity index (χ1n) is 8.71. The highest BCUT2D eigenvalue weighted by molar-refractivity contribution is 6.23. The van der Waals surface area contributed by atoms with Gasteiger partial charge in [-0.1, -0.05) is 24.3 Å². The van der Waals surface area contributed by atoms with Crippen molar-refractivity contribution in [3.63, 3.8) is 0 Å². The van der Waals surface area contributed by atoms with Gasteiger partial charge in [-0.05, 0) is 36.8 Å². The number of aromatic amines is 1. The molecule has 0 aliphatic carbocycles. The first kappa shape index (κ1) is 15.8. The second-order valence-electron chi connectivity index (χ2n) is 6.79. The number of nitrogens with zero attached hydrogens (tertiary/aromatic N) is 2. The van der Waals surface area contributed by atoms with Crippen LogP contribution in [0.25, 0.3) is 44.0 Å². The third kappa shape index (κ3) is 2.15. The van der Waals surface area contributed by atoms with E-state index in [1.807, 2.05) is 48.9 Å². The topological polar surface area (TPSA) is 50.7 Å². The van der Waals surface area contributed by atoms with E-state index in [1.54, 1.807) is 12.3 Å². The van der Waals surface area contributed by atoms with E-state index in [1.165, 1.54) is 12.1 Å². The Balaban J connectivity index is 2.07. The predicted molar refractivity (Wildman–Crippen MR) is 106 cm³/mol. The van der Waals surface area contributed by atoms with Crippen LogP contribution < -0.4 is 5.56 Å². The lowest BCUT2D eigenvalue weighted by Crippen LogP contribution is -2.05. The number of hydrogen-bond acceptors (Lipinski definition) is 2. The molecule has 5 heteroatoms. The number of benzene rings is 3. The molecule has 0 spiro atoms. The van der Waals surface area contributed by atoms with Crippen molar-refractivity contribution >= 4 is 32.6 Å². The summed E-state index contributed by atoms with van der Waals surface area (Å²) < 4.78 is 16.0. The van der Waals surface area contributed by atoms with E-state index < -0.39 is 0 Å². The molecule has 0 saturated heterocycles. The molecule has 2 heterocycles. The maximum Gasteiger partial charge on any atom is 0.256 e. The van der Waals surface area contributed by atoms with Gasteiger partial charge in [0.05, 0.1) is 16.4 Å². The molecule has 0 unspecified atom stereocenters. The Morgan fingerprint density at radius 1 is 1.04 bits per heavy atom. The third-order valence-corrected chi connectivity index (χ3v) is 5.20. The van der Waals surface area contributed by atoms with Crippen LogP contribution in [0.4, 0.5) is 4.39 Å². The molecule has 3 aromatic carbocycles. The fraction of sp³-hybridized carbons (Fsp3) is 0.0909. The number of H-pyrrole nitrogens is 1. The highest BCUT2D eigenvalue weighted by Gasteiger charge is 2.19. The van der Waals surface area contributed by atoms with Crippen molar-refractivity contribution in [1.82, 2.24) is 14.5 Å². The lowest BCUT2D eigenvalue weighted by atomic mass is 10.0. The van der Waals surface area contributed by atoms with Crippen LogP contribution in [0.15, 0.2) is 59.5 Å². The van der Waals surface area contributed by atoms with Crippen molar-refractivity contribution in [3.8, 4) is 11.4 Å². The van der Waals surface area contributed by atoms with Gasteiger partial charge in [0, 0.05) is 35.0 Å². The summed E-state index contributed by atoms with van der Waals surface area (Å²) in [7, 11) is 1.96. The normalized spacial score (nSPS) is 11.7. The summed E-state index contributed by atoms with van der Waals surface area (Å²) in [6.45, 7) is 2.05. The summed E-state index contributed by atoms with van der Waals surface area (Å²) in [6.07, 6.45) is 1.61. The minimum atomic E-state index is -0.368. The van der Waals surface area contributed by atoms with Gasteiger partial charge in [0.15, 0.2) is 0 Å². The van der Waals surface area contributed by atoms with Gasteiger partial charge in [-0.3, -0.25) is 4.79 Å². The van der Waals surface area contributed by atoms with Gasteiger partial charge in [-0.2, -0.15) is 0 Å². The Kier molecular flexibility index (Phi) is 3.22. The zero-order chi connectivity index (χ0) is 18.7. The van der Waals surface area contributed by atoms with Crippen LogP contribution in [0.5, 0.6) is 0 Å². The van der Waals surface area contributed by atoms with Gasteiger partial charge < -0.3 is 9.55 Å². The fourth-order valence-corrected chi connectivity index (χ4v) is 3.93. The Hall–Kier alpha value is -3.47. The summed E-state index contributed by atoms with van der Waals surface area (Å²) in [6, 6.07) is 14.5. The number of hydrogen-bond donors (Lipinski definition) is 1. The maximum absolute atomic E-state index is 14.0. The Bertz CT molecular complexity index is 1430. The van der Waals surface area contributed by atoms with Crippen LogP contribution in [0.2, 0.25) is 0 Å². The van der Waals surface area contributed by atoms with E-state index in [-0.39, 0.29) is 11.4 Å². The molecule has 0 bridgehead atoms. The smallest absolute Gasteiger partial charge is 0.256 e. The number of aromatic nitrogens is 3. The van der Waals surface area contributed by atoms with Crippen molar-refractivity contribution < 1.29 is 4.39 Å². The third-order valence-electron chi connectivity index (χ3n) is 5.20. The second kappa shape index (κ2) is 5.51. The molecule has 1 N–H and O–H groups in total. The van der Waals surface area contributed by atoms with Gasteiger partial charge in [-0.15, -0.1) is 0 Å². The molecule has 5 rings (SSSR count). The molecule has 2 aromatic heterocycles. The van der Waals surface area contributed by atoms with Crippen LogP contribution >= 0.6 is 0 Å². The molecule has 0 aliphatic rings. The van der Waals surface area contributed by atoms with E-state index in [2.05, 4.69) is 4.98 Å². The fourth-order valence-electron chi connectivity index (χ4n) is 3.93.